The third-order valence-electron chi connectivity index (χ3n) is 3.81. The van der Waals surface area contributed by atoms with Crippen LogP contribution in [0.3, 0.4) is 0 Å². The summed E-state index contributed by atoms with van der Waals surface area (Å²) in [5.41, 5.74) is 1.11. The van der Waals surface area contributed by atoms with Crippen LogP contribution in [-0.2, 0) is 32.3 Å². The zero-order chi connectivity index (χ0) is 22.1. The number of carbonyl (C=O) groups is 3. The van der Waals surface area contributed by atoms with Gasteiger partial charge in [-0.15, -0.1) is 0 Å². The van der Waals surface area contributed by atoms with Crippen molar-refractivity contribution in [3.05, 3.63) is 83.7 Å². The highest BCUT2D eigenvalue weighted by molar-refractivity contribution is 7.10. The Bertz CT molecular complexity index is 1080. The Kier molecular flexibility index (Phi) is 7.44. The van der Waals surface area contributed by atoms with E-state index in [1.165, 1.54) is 0 Å². The average Bonchev–Trinajstić information content (AvgIpc) is 3.23. The van der Waals surface area contributed by atoms with Crippen molar-refractivity contribution in [2.75, 3.05) is 5.32 Å². The molecule has 0 aliphatic heterocycles. The molecule has 1 amide bonds. The Morgan fingerprint density at radius 1 is 0.935 bits per heavy atom. The SMILES string of the molecule is O=C(/C=C(\C(=O)O)c1nsc(NC(=O)OCc2ccccc2)n1)OCc1ccccc1. The summed E-state index contributed by atoms with van der Waals surface area (Å²) in [6.07, 6.45) is 0.0276. The normalized spacial score (nSPS) is 10.9. The summed E-state index contributed by atoms with van der Waals surface area (Å²) < 4.78 is 14.0. The van der Waals surface area contributed by atoms with Crippen molar-refractivity contribution in [1.29, 1.82) is 0 Å². The lowest BCUT2D eigenvalue weighted by molar-refractivity contribution is -0.139. The van der Waals surface area contributed by atoms with Crippen molar-refractivity contribution >= 4 is 40.3 Å². The largest absolute Gasteiger partial charge is 0.478 e. The van der Waals surface area contributed by atoms with Gasteiger partial charge in [-0.3, -0.25) is 5.32 Å². The number of aliphatic carboxylic acids is 1. The molecule has 0 spiro atoms. The average molecular weight is 439 g/mol. The summed E-state index contributed by atoms with van der Waals surface area (Å²) in [6, 6.07) is 18.0. The van der Waals surface area contributed by atoms with E-state index in [9.17, 15) is 19.5 Å². The number of esters is 1. The quantitative estimate of drug-likeness (QED) is 0.403. The van der Waals surface area contributed by atoms with Crippen molar-refractivity contribution in [1.82, 2.24) is 9.36 Å². The molecule has 0 radical (unpaired) electrons. The van der Waals surface area contributed by atoms with Gasteiger partial charge in [0, 0.05) is 17.6 Å². The van der Waals surface area contributed by atoms with Crippen molar-refractivity contribution in [3.8, 4) is 0 Å². The summed E-state index contributed by atoms with van der Waals surface area (Å²) >= 11 is 0.753. The third kappa shape index (κ3) is 6.75. The van der Waals surface area contributed by atoms with E-state index in [-0.39, 0.29) is 24.2 Å². The van der Waals surface area contributed by atoms with Gasteiger partial charge in [-0.1, -0.05) is 60.7 Å². The molecular formula is C21H17N3O6S. The molecule has 31 heavy (non-hydrogen) atoms. The highest BCUT2D eigenvalue weighted by atomic mass is 32.1. The molecule has 9 nitrogen and oxygen atoms in total. The van der Waals surface area contributed by atoms with Crippen LogP contribution >= 0.6 is 11.5 Å². The van der Waals surface area contributed by atoms with E-state index in [2.05, 4.69) is 14.7 Å². The van der Waals surface area contributed by atoms with Gasteiger partial charge in [0.15, 0.2) is 5.82 Å². The minimum absolute atomic E-state index is 0.00632. The Hall–Kier alpha value is -4.05. The van der Waals surface area contributed by atoms with Crippen LogP contribution in [0.4, 0.5) is 9.93 Å². The molecule has 158 valence electrons. The molecule has 0 unspecified atom stereocenters. The number of carboxylic acids is 1. The van der Waals surface area contributed by atoms with Crippen LogP contribution < -0.4 is 5.32 Å². The number of benzene rings is 2. The molecule has 0 saturated carbocycles. The molecule has 0 aliphatic carbocycles. The topological polar surface area (TPSA) is 128 Å². The van der Waals surface area contributed by atoms with Crippen LogP contribution in [0.15, 0.2) is 66.7 Å². The fourth-order valence-corrected chi connectivity index (χ4v) is 2.91. The molecule has 2 aromatic carbocycles. The summed E-state index contributed by atoms with van der Waals surface area (Å²) in [6.45, 7) is 0.0551. The molecule has 10 heteroatoms. The molecule has 0 fully saturated rings. The molecule has 3 aromatic rings. The van der Waals surface area contributed by atoms with Gasteiger partial charge in [-0.05, 0) is 11.1 Å². The van der Waals surface area contributed by atoms with E-state index in [4.69, 9.17) is 9.47 Å². The van der Waals surface area contributed by atoms with Crippen molar-refractivity contribution in [3.63, 3.8) is 0 Å². The number of carboxylic acid groups (broad SMARTS) is 1. The van der Waals surface area contributed by atoms with E-state index in [0.717, 1.165) is 28.7 Å². The van der Waals surface area contributed by atoms with Crippen LogP contribution in [0.1, 0.15) is 17.0 Å². The Morgan fingerprint density at radius 3 is 2.10 bits per heavy atom. The van der Waals surface area contributed by atoms with Crippen molar-refractivity contribution in [2.24, 2.45) is 0 Å². The number of amides is 1. The maximum absolute atomic E-state index is 12.0. The van der Waals surface area contributed by atoms with Gasteiger partial charge < -0.3 is 14.6 Å². The highest BCUT2D eigenvalue weighted by Crippen LogP contribution is 2.19. The predicted octanol–water partition coefficient (Wildman–Crippen LogP) is 3.50. The first-order chi connectivity index (χ1) is 15.0. The second kappa shape index (κ2) is 10.6. The van der Waals surface area contributed by atoms with Gasteiger partial charge in [0.2, 0.25) is 5.13 Å². The van der Waals surface area contributed by atoms with Crippen molar-refractivity contribution in [2.45, 2.75) is 13.2 Å². The maximum Gasteiger partial charge on any atom is 0.413 e. The third-order valence-corrected chi connectivity index (χ3v) is 4.44. The first-order valence-corrected chi connectivity index (χ1v) is 9.76. The van der Waals surface area contributed by atoms with Gasteiger partial charge in [0.1, 0.15) is 18.8 Å². The smallest absolute Gasteiger partial charge is 0.413 e. The minimum Gasteiger partial charge on any atom is -0.478 e. The van der Waals surface area contributed by atoms with Crippen molar-refractivity contribution < 1.29 is 29.0 Å². The number of hydrogen-bond donors (Lipinski definition) is 2. The fourth-order valence-electron chi connectivity index (χ4n) is 2.34. The number of ether oxygens (including phenoxy) is 2. The first-order valence-electron chi connectivity index (χ1n) is 8.98. The van der Waals surface area contributed by atoms with E-state index in [0.29, 0.717) is 0 Å². The molecule has 1 heterocycles. The van der Waals surface area contributed by atoms with E-state index in [1.54, 1.807) is 36.4 Å². The Morgan fingerprint density at radius 2 is 1.52 bits per heavy atom. The molecule has 1 aromatic heterocycles. The van der Waals surface area contributed by atoms with Crippen LogP contribution in [-0.4, -0.2) is 32.5 Å². The monoisotopic (exact) mass is 439 g/mol. The zero-order valence-electron chi connectivity index (χ0n) is 16.1. The van der Waals surface area contributed by atoms with E-state index >= 15 is 0 Å². The number of rotatable bonds is 8. The molecule has 0 atom stereocenters. The lowest BCUT2D eigenvalue weighted by Crippen LogP contribution is -2.13. The van der Waals surface area contributed by atoms with Crippen LogP contribution in [0.5, 0.6) is 0 Å². The number of nitrogens with one attached hydrogen (secondary N) is 1. The summed E-state index contributed by atoms with van der Waals surface area (Å²) in [5.74, 6) is -2.49. The Balaban J connectivity index is 1.59. The fraction of sp³-hybridized carbons (Fsp3) is 0.0952. The molecule has 0 bridgehead atoms. The van der Waals surface area contributed by atoms with Gasteiger partial charge in [-0.25, -0.2) is 14.4 Å². The van der Waals surface area contributed by atoms with Gasteiger partial charge in [0.25, 0.3) is 0 Å². The van der Waals surface area contributed by atoms with E-state index in [1.807, 2.05) is 24.3 Å². The minimum atomic E-state index is -1.41. The summed E-state index contributed by atoms with van der Waals surface area (Å²) in [7, 11) is 0. The highest BCUT2D eigenvalue weighted by Gasteiger charge is 2.19. The second-order valence-electron chi connectivity index (χ2n) is 6.07. The molecule has 3 rings (SSSR count). The molecule has 0 saturated heterocycles. The van der Waals surface area contributed by atoms with Gasteiger partial charge in [0.05, 0.1) is 0 Å². The van der Waals surface area contributed by atoms with Gasteiger partial charge >= 0.3 is 18.0 Å². The summed E-state index contributed by atoms with van der Waals surface area (Å²) in [5, 5.41) is 11.8. The molecule has 2 N–H and O–H groups in total. The number of anilines is 1. The number of aromatic nitrogens is 2. The van der Waals surface area contributed by atoms with Crippen LogP contribution in [0.25, 0.3) is 5.57 Å². The maximum atomic E-state index is 12.0. The second-order valence-corrected chi connectivity index (χ2v) is 6.82. The van der Waals surface area contributed by atoms with E-state index < -0.39 is 23.6 Å². The number of hydrogen-bond acceptors (Lipinski definition) is 8. The number of carbonyl (C=O) groups excluding carboxylic acids is 2. The number of nitrogens with zero attached hydrogens (tertiary/aromatic N) is 2. The molecule has 0 aliphatic rings. The standard InChI is InChI=1S/C21H17N3O6S/c25-17(29-12-14-7-3-1-4-8-14)11-16(19(26)27)18-22-20(31-24-18)23-21(28)30-13-15-9-5-2-6-10-15/h1-11H,12-13H2,(H,26,27)(H,22,23,24,28)/b16-11-. The predicted molar refractivity (Wildman–Crippen MR) is 112 cm³/mol. The first kappa shape index (κ1) is 21.7. The molecular weight excluding hydrogens is 422 g/mol. The lowest BCUT2D eigenvalue weighted by atomic mass is 10.2. The Labute approximate surface area is 181 Å². The lowest BCUT2D eigenvalue weighted by Gasteiger charge is -2.04. The summed E-state index contributed by atoms with van der Waals surface area (Å²) in [4.78, 5) is 39.4. The van der Waals surface area contributed by atoms with Gasteiger partial charge in [-0.2, -0.15) is 9.36 Å². The van der Waals surface area contributed by atoms with Crippen LogP contribution in [0, 0.1) is 0 Å². The zero-order valence-corrected chi connectivity index (χ0v) is 16.9. The van der Waals surface area contributed by atoms with Crippen LogP contribution in [0.2, 0.25) is 0 Å².